The Balaban J connectivity index is 1.59. The lowest BCUT2D eigenvalue weighted by atomic mass is 10.2. The van der Waals surface area contributed by atoms with Crippen LogP contribution in [0.4, 0.5) is 30.2 Å². The van der Waals surface area contributed by atoms with Gasteiger partial charge in [-0.3, -0.25) is 0 Å². The minimum atomic E-state index is -4.37. The molecule has 0 amide bonds. The number of halogens is 3. The molecule has 0 saturated carbocycles. The smallest absolute Gasteiger partial charge is 0.416 e. The van der Waals surface area contributed by atoms with Crippen LogP contribution in [0.15, 0.2) is 78.8 Å². The van der Waals surface area contributed by atoms with Crippen molar-refractivity contribution >= 4 is 17.1 Å². The van der Waals surface area contributed by atoms with Crippen LogP contribution in [-0.2, 0) is 6.18 Å². The Morgan fingerprint density at radius 3 is 2.50 bits per heavy atom. The standard InChI is InChI=1S/C23H22F3N3O/c1-17-15-28(16-29(17)20-8-6-7-18(13-20)23(24,25)26)21-10-9-19(14-22(21)30-2)27-11-4-3-5-12-27/h3-11,13-15H,12,16H2,1-2H3. The van der Waals surface area contributed by atoms with E-state index < -0.39 is 11.7 Å². The molecule has 7 heteroatoms. The molecule has 2 aromatic rings. The number of alkyl halides is 3. The number of nitrogens with zero attached hydrogens (tertiary/aromatic N) is 3. The van der Waals surface area contributed by atoms with Crippen LogP contribution in [-0.4, -0.2) is 20.3 Å². The van der Waals surface area contributed by atoms with Gasteiger partial charge in [-0.05, 0) is 43.3 Å². The van der Waals surface area contributed by atoms with Crippen LogP contribution < -0.4 is 19.4 Å². The van der Waals surface area contributed by atoms with Crippen LogP contribution in [0, 0.1) is 0 Å². The van der Waals surface area contributed by atoms with E-state index in [2.05, 4.69) is 11.0 Å². The summed E-state index contributed by atoms with van der Waals surface area (Å²) in [6.07, 6.45) is 5.60. The number of benzene rings is 2. The van der Waals surface area contributed by atoms with E-state index in [1.807, 2.05) is 59.5 Å². The van der Waals surface area contributed by atoms with Crippen molar-refractivity contribution in [1.82, 2.24) is 0 Å². The Kier molecular flexibility index (Phi) is 5.20. The average molecular weight is 413 g/mol. The monoisotopic (exact) mass is 413 g/mol. The summed E-state index contributed by atoms with van der Waals surface area (Å²) in [6, 6.07) is 11.3. The van der Waals surface area contributed by atoms with Crippen molar-refractivity contribution in [3.63, 3.8) is 0 Å². The summed E-state index contributed by atoms with van der Waals surface area (Å²) in [7, 11) is 1.62. The van der Waals surface area contributed by atoms with E-state index in [-0.39, 0.29) is 0 Å². The summed E-state index contributed by atoms with van der Waals surface area (Å²) >= 11 is 0. The molecule has 2 heterocycles. The molecule has 0 spiro atoms. The normalized spacial score (nSPS) is 16.3. The molecule has 4 nitrogen and oxygen atoms in total. The highest BCUT2D eigenvalue weighted by Crippen LogP contribution is 2.38. The fourth-order valence-electron chi connectivity index (χ4n) is 3.62. The number of anilines is 3. The molecule has 0 radical (unpaired) electrons. The first-order valence-corrected chi connectivity index (χ1v) is 9.55. The molecule has 0 saturated heterocycles. The zero-order valence-corrected chi connectivity index (χ0v) is 16.7. The maximum absolute atomic E-state index is 13.1. The molecule has 0 fully saturated rings. The fourth-order valence-corrected chi connectivity index (χ4v) is 3.62. The molecule has 0 bridgehead atoms. The van der Waals surface area contributed by atoms with Crippen LogP contribution >= 0.6 is 0 Å². The van der Waals surface area contributed by atoms with Crippen LogP contribution in [0.5, 0.6) is 5.75 Å². The molecule has 0 unspecified atom stereocenters. The Morgan fingerprint density at radius 1 is 0.967 bits per heavy atom. The maximum Gasteiger partial charge on any atom is 0.416 e. The number of allylic oxidation sites excluding steroid dienone is 3. The summed E-state index contributed by atoms with van der Waals surface area (Å²) in [6.45, 7) is 3.06. The van der Waals surface area contributed by atoms with Gasteiger partial charge in [0.1, 0.15) is 5.75 Å². The lowest BCUT2D eigenvalue weighted by molar-refractivity contribution is -0.137. The second-order valence-corrected chi connectivity index (χ2v) is 7.14. The molecular formula is C23H22F3N3O. The quantitative estimate of drug-likeness (QED) is 0.635. The topological polar surface area (TPSA) is 19.0 Å². The largest absolute Gasteiger partial charge is 0.494 e. The molecule has 4 rings (SSSR count). The van der Waals surface area contributed by atoms with Crippen molar-refractivity contribution < 1.29 is 17.9 Å². The molecule has 30 heavy (non-hydrogen) atoms. The van der Waals surface area contributed by atoms with E-state index in [4.69, 9.17) is 4.74 Å². The number of methoxy groups -OCH3 is 1. The van der Waals surface area contributed by atoms with Gasteiger partial charge < -0.3 is 19.4 Å². The molecule has 0 N–H and O–H groups in total. The van der Waals surface area contributed by atoms with Crippen LogP contribution in [0.3, 0.4) is 0 Å². The lowest BCUT2D eigenvalue weighted by Gasteiger charge is -2.26. The summed E-state index contributed by atoms with van der Waals surface area (Å²) in [5, 5.41) is 0. The first kappa shape index (κ1) is 19.9. The Labute approximate surface area is 173 Å². The van der Waals surface area contributed by atoms with Gasteiger partial charge in [0, 0.05) is 42.1 Å². The highest BCUT2D eigenvalue weighted by molar-refractivity contribution is 5.71. The first-order valence-electron chi connectivity index (χ1n) is 9.55. The number of hydrogen-bond donors (Lipinski definition) is 0. The third-order valence-electron chi connectivity index (χ3n) is 5.17. The minimum Gasteiger partial charge on any atom is -0.494 e. The maximum atomic E-state index is 13.1. The SMILES string of the molecule is COc1cc(N2C=CC=CC2)ccc1N1C=C(C)N(c2cccc(C(F)(F)F)c2)C1. The molecule has 2 aliphatic heterocycles. The highest BCUT2D eigenvalue weighted by Gasteiger charge is 2.31. The summed E-state index contributed by atoms with van der Waals surface area (Å²) in [4.78, 5) is 5.93. The Hall–Kier alpha value is -3.35. The van der Waals surface area contributed by atoms with Crippen LogP contribution in [0.25, 0.3) is 0 Å². The van der Waals surface area contributed by atoms with Gasteiger partial charge in [0.15, 0.2) is 0 Å². The van der Waals surface area contributed by atoms with Crippen molar-refractivity contribution in [3.8, 4) is 5.75 Å². The predicted octanol–water partition coefficient (Wildman–Crippen LogP) is 5.75. The Morgan fingerprint density at radius 2 is 1.80 bits per heavy atom. The van der Waals surface area contributed by atoms with Gasteiger partial charge in [-0.15, -0.1) is 0 Å². The summed E-state index contributed by atoms with van der Waals surface area (Å²) in [5.74, 6) is 0.699. The minimum absolute atomic E-state index is 0.398. The zero-order chi connectivity index (χ0) is 21.3. The third kappa shape index (κ3) is 3.87. The van der Waals surface area contributed by atoms with E-state index in [0.717, 1.165) is 29.7 Å². The fraction of sp³-hybridized carbons (Fsp3) is 0.217. The van der Waals surface area contributed by atoms with Crippen LogP contribution in [0.2, 0.25) is 0 Å². The predicted molar refractivity (Wildman–Crippen MR) is 114 cm³/mol. The number of rotatable bonds is 4. The van der Waals surface area contributed by atoms with E-state index >= 15 is 0 Å². The molecule has 0 atom stereocenters. The van der Waals surface area contributed by atoms with Gasteiger partial charge in [0.2, 0.25) is 0 Å². The van der Waals surface area contributed by atoms with Crippen molar-refractivity contribution in [2.24, 2.45) is 0 Å². The average Bonchev–Trinajstić information content (AvgIpc) is 3.15. The number of hydrogen-bond acceptors (Lipinski definition) is 4. The summed E-state index contributed by atoms with van der Waals surface area (Å²) < 4.78 is 45.0. The molecule has 156 valence electrons. The molecule has 2 aliphatic rings. The second kappa shape index (κ2) is 7.82. The van der Waals surface area contributed by atoms with E-state index in [1.54, 1.807) is 13.2 Å². The van der Waals surface area contributed by atoms with E-state index in [9.17, 15) is 13.2 Å². The third-order valence-corrected chi connectivity index (χ3v) is 5.17. The highest BCUT2D eigenvalue weighted by atomic mass is 19.4. The molecule has 0 aliphatic carbocycles. The number of ether oxygens (including phenoxy) is 1. The van der Waals surface area contributed by atoms with Gasteiger partial charge in [-0.25, -0.2) is 0 Å². The zero-order valence-electron chi connectivity index (χ0n) is 16.7. The van der Waals surface area contributed by atoms with Gasteiger partial charge in [-0.2, -0.15) is 13.2 Å². The van der Waals surface area contributed by atoms with Crippen molar-refractivity contribution in [3.05, 3.63) is 84.4 Å². The van der Waals surface area contributed by atoms with E-state index in [0.29, 0.717) is 18.1 Å². The van der Waals surface area contributed by atoms with E-state index in [1.165, 1.54) is 12.1 Å². The van der Waals surface area contributed by atoms with Gasteiger partial charge in [0.05, 0.1) is 25.0 Å². The Bertz CT molecular complexity index is 1030. The van der Waals surface area contributed by atoms with Crippen molar-refractivity contribution in [1.29, 1.82) is 0 Å². The molecule has 0 aromatic heterocycles. The summed E-state index contributed by atoms with van der Waals surface area (Å²) in [5.41, 5.74) is 2.56. The molecule has 2 aromatic carbocycles. The van der Waals surface area contributed by atoms with Crippen LogP contribution in [0.1, 0.15) is 12.5 Å². The second-order valence-electron chi connectivity index (χ2n) is 7.14. The van der Waals surface area contributed by atoms with Gasteiger partial charge in [0.25, 0.3) is 0 Å². The van der Waals surface area contributed by atoms with Crippen molar-refractivity contribution in [2.45, 2.75) is 13.1 Å². The first-order chi connectivity index (χ1) is 14.4. The molecular weight excluding hydrogens is 391 g/mol. The van der Waals surface area contributed by atoms with Crippen molar-refractivity contribution in [2.75, 3.05) is 35.0 Å². The lowest BCUT2D eigenvalue weighted by Crippen LogP contribution is -2.26. The van der Waals surface area contributed by atoms with Gasteiger partial charge >= 0.3 is 6.18 Å². The van der Waals surface area contributed by atoms with Gasteiger partial charge in [-0.1, -0.05) is 18.2 Å².